The molecule has 2 fully saturated rings. The summed E-state index contributed by atoms with van der Waals surface area (Å²) in [4.78, 5) is 53.8. The highest BCUT2D eigenvalue weighted by atomic mass is 16.5. The van der Waals surface area contributed by atoms with Crippen LogP contribution in [0.5, 0.6) is 0 Å². The van der Waals surface area contributed by atoms with Crippen LogP contribution in [-0.4, -0.2) is 76.7 Å². The van der Waals surface area contributed by atoms with Gasteiger partial charge in [-0.2, -0.15) is 0 Å². The van der Waals surface area contributed by atoms with Crippen molar-refractivity contribution in [3.05, 3.63) is 71.8 Å². The third kappa shape index (κ3) is 11.4. The molecule has 4 rings (SSSR count). The Morgan fingerprint density at radius 1 is 0.936 bits per heavy atom. The molecule has 1 saturated heterocycles. The van der Waals surface area contributed by atoms with Gasteiger partial charge in [0.1, 0.15) is 12.6 Å². The van der Waals surface area contributed by atoms with Crippen molar-refractivity contribution < 1.29 is 29.0 Å². The number of alkyl carbamates (subject to hydrolysis) is 1. The Balaban J connectivity index is 1.50. The van der Waals surface area contributed by atoms with Gasteiger partial charge in [-0.3, -0.25) is 19.3 Å². The van der Waals surface area contributed by atoms with Crippen LogP contribution in [0.4, 0.5) is 4.79 Å². The number of nitrogens with one attached hydrogen (secondary N) is 3. The molecule has 6 N–H and O–H groups in total. The molecule has 4 amide bonds. The van der Waals surface area contributed by atoms with E-state index in [9.17, 15) is 24.3 Å². The number of aliphatic hydroxyl groups is 1. The molecule has 6 atom stereocenters. The number of nitrogens with two attached hydrogens (primary N) is 1. The van der Waals surface area contributed by atoms with E-state index < -0.39 is 54.1 Å². The molecule has 11 heteroatoms. The number of primary amides is 1. The topological polar surface area (TPSA) is 163 Å². The lowest BCUT2D eigenvalue weighted by Crippen LogP contribution is -2.61. The van der Waals surface area contributed by atoms with Crippen molar-refractivity contribution in [3.63, 3.8) is 0 Å². The standard InChI is InChI=1S/C36H51N5O6/c1-36(2,3)40-34(45)30-19-26-16-10-11-17-27(26)21-41(30)22-31(42)28(18-24-12-6-4-7-13-24)38-33(44)29(20-32(37)43)39-35(46)47-23-25-14-8-5-9-15-25/h4-9,12-15,26-31,42H,10-11,16-23H2,1-3H3,(H2,37,43)(H,38,44)(H,39,46)(H,40,45)/t26?,27?,28-,29-,30-,31-/m0/s1. The highest BCUT2D eigenvalue weighted by Crippen LogP contribution is 2.39. The fraction of sp³-hybridized carbons (Fsp3) is 0.556. The van der Waals surface area contributed by atoms with Crippen molar-refractivity contribution in [1.82, 2.24) is 20.9 Å². The van der Waals surface area contributed by atoms with E-state index in [0.717, 1.165) is 36.8 Å². The number of β-amino-alcohol motifs (C(OH)–C–C–N with tert-alkyl or cyclic N) is 1. The Morgan fingerprint density at radius 2 is 1.55 bits per heavy atom. The highest BCUT2D eigenvalue weighted by Gasteiger charge is 2.42. The Bertz CT molecular complexity index is 1330. The number of carbonyl (C=O) groups is 4. The lowest BCUT2D eigenvalue weighted by Gasteiger charge is -2.47. The first-order valence-corrected chi connectivity index (χ1v) is 16.7. The molecule has 0 radical (unpaired) electrons. The van der Waals surface area contributed by atoms with Gasteiger partial charge in [-0.1, -0.05) is 79.9 Å². The molecule has 2 aromatic rings. The SMILES string of the molecule is CC(C)(C)NC(=O)[C@@H]1CC2CCCCC2CN1C[C@H](O)[C@H](Cc1ccccc1)NC(=O)[C@H](CC(N)=O)NC(=O)OCc1ccccc1. The summed E-state index contributed by atoms with van der Waals surface area (Å²) in [5, 5.41) is 20.2. The van der Waals surface area contributed by atoms with Gasteiger partial charge in [-0.25, -0.2) is 4.79 Å². The van der Waals surface area contributed by atoms with E-state index in [4.69, 9.17) is 10.5 Å². The minimum absolute atomic E-state index is 0.0193. The van der Waals surface area contributed by atoms with Gasteiger partial charge in [0.25, 0.3) is 0 Å². The second-order valence-corrected chi connectivity index (χ2v) is 14.1. The first kappa shape index (κ1) is 35.9. The van der Waals surface area contributed by atoms with Gasteiger partial charge in [0.2, 0.25) is 17.7 Å². The lowest BCUT2D eigenvalue weighted by atomic mass is 9.72. The van der Waals surface area contributed by atoms with Crippen molar-refractivity contribution >= 4 is 23.8 Å². The second kappa shape index (κ2) is 16.7. The Kier molecular flexibility index (Phi) is 12.8. The molecule has 1 heterocycles. The molecule has 0 bridgehead atoms. The molecule has 1 aliphatic heterocycles. The lowest BCUT2D eigenvalue weighted by molar-refractivity contribution is -0.133. The van der Waals surface area contributed by atoms with Gasteiger partial charge in [-0.05, 0) is 63.0 Å². The van der Waals surface area contributed by atoms with E-state index in [2.05, 4.69) is 20.9 Å². The van der Waals surface area contributed by atoms with Crippen LogP contribution in [-0.2, 0) is 32.1 Å². The normalized spacial score (nSPS) is 21.7. The summed E-state index contributed by atoms with van der Waals surface area (Å²) in [5.74, 6) is -0.597. The Morgan fingerprint density at radius 3 is 2.17 bits per heavy atom. The molecule has 2 aromatic carbocycles. The number of ether oxygens (including phenoxy) is 1. The van der Waals surface area contributed by atoms with Gasteiger partial charge in [-0.15, -0.1) is 0 Å². The predicted octanol–water partition coefficient (Wildman–Crippen LogP) is 3.04. The summed E-state index contributed by atoms with van der Waals surface area (Å²) < 4.78 is 5.27. The number of rotatable bonds is 13. The third-order valence-electron chi connectivity index (χ3n) is 9.04. The highest BCUT2D eigenvalue weighted by molar-refractivity contribution is 5.90. The maximum atomic E-state index is 13.6. The van der Waals surface area contributed by atoms with E-state index >= 15 is 0 Å². The van der Waals surface area contributed by atoms with Crippen molar-refractivity contribution in [2.24, 2.45) is 17.6 Å². The molecule has 0 aromatic heterocycles. The van der Waals surface area contributed by atoms with Gasteiger partial charge < -0.3 is 31.5 Å². The number of likely N-dealkylation sites (tertiary alicyclic amines) is 1. The first-order chi connectivity index (χ1) is 22.4. The fourth-order valence-electron chi connectivity index (χ4n) is 6.75. The summed E-state index contributed by atoms with van der Waals surface area (Å²) in [7, 11) is 0. The summed E-state index contributed by atoms with van der Waals surface area (Å²) in [6, 6.07) is 16.0. The van der Waals surface area contributed by atoms with E-state index in [1.165, 1.54) is 6.42 Å². The number of amides is 4. The minimum Gasteiger partial charge on any atom is -0.445 e. The number of hydrogen-bond acceptors (Lipinski definition) is 7. The van der Waals surface area contributed by atoms with Gasteiger partial charge in [0.15, 0.2) is 0 Å². The van der Waals surface area contributed by atoms with Crippen molar-refractivity contribution in [2.75, 3.05) is 13.1 Å². The van der Waals surface area contributed by atoms with E-state index in [1.807, 2.05) is 69.3 Å². The summed E-state index contributed by atoms with van der Waals surface area (Å²) >= 11 is 0. The number of aliphatic hydroxyl groups excluding tert-OH is 1. The maximum Gasteiger partial charge on any atom is 0.408 e. The van der Waals surface area contributed by atoms with Crippen LogP contribution in [0.25, 0.3) is 0 Å². The van der Waals surface area contributed by atoms with Crippen LogP contribution in [0, 0.1) is 11.8 Å². The average Bonchev–Trinajstić information content (AvgIpc) is 3.02. The number of benzene rings is 2. The molecule has 2 aliphatic rings. The van der Waals surface area contributed by atoms with Crippen molar-refractivity contribution in [1.29, 1.82) is 0 Å². The second-order valence-electron chi connectivity index (χ2n) is 14.1. The number of piperidine rings is 1. The van der Waals surface area contributed by atoms with Gasteiger partial charge >= 0.3 is 6.09 Å². The number of hydrogen-bond donors (Lipinski definition) is 5. The quantitative estimate of drug-likeness (QED) is 0.223. The zero-order chi connectivity index (χ0) is 34.0. The van der Waals surface area contributed by atoms with Crippen LogP contribution in [0.1, 0.15) is 70.4 Å². The summed E-state index contributed by atoms with van der Waals surface area (Å²) in [6.07, 6.45) is 3.14. The van der Waals surface area contributed by atoms with Crippen LogP contribution < -0.4 is 21.7 Å². The van der Waals surface area contributed by atoms with Crippen LogP contribution >= 0.6 is 0 Å². The summed E-state index contributed by atoms with van der Waals surface area (Å²) in [6.45, 7) is 6.70. The van der Waals surface area contributed by atoms with Crippen LogP contribution in [0.3, 0.4) is 0 Å². The maximum absolute atomic E-state index is 13.6. The third-order valence-corrected chi connectivity index (χ3v) is 9.04. The predicted molar refractivity (Wildman–Crippen MR) is 179 cm³/mol. The zero-order valence-electron chi connectivity index (χ0n) is 27.8. The van der Waals surface area contributed by atoms with E-state index in [1.54, 1.807) is 12.1 Å². The van der Waals surface area contributed by atoms with E-state index in [0.29, 0.717) is 18.4 Å². The zero-order valence-corrected chi connectivity index (χ0v) is 27.8. The van der Waals surface area contributed by atoms with Gasteiger partial charge in [0.05, 0.1) is 24.6 Å². The molecule has 256 valence electrons. The first-order valence-electron chi connectivity index (χ1n) is 16.7. The van der Waals surface area contributed by atoms with Crippen molar-refractivity contribution in [3.8, 4) is 0 Å². The molecule has 1 saturated carbocycles. The average molecular weight is 650 g/mol. The molecule has 2 unspecified atom stereocenters. The number of fused-ring (bicyclic) bond motifs is 1. The molecular weight excluding hydrogens is 598 g/mol. The van der Waals surface area contributed by atoms with Crippen molar-refractivity contribution in [2.45, 2.75) is 102 Å². The largest absolute Gasteiger partial charge is 0.445 e. The minimum atomic E-state index is -1.32. The Labute approximate surface area is 278 Å². The smallest absolute Gasteiger partial charge is 0.408 e. The van der Waals surface area contributed by atoms with Crippen LogP contribution in [0.2, 0.25) is 0 Å². The van der Waals surface area contributed by atoms with Crippen LogP contribution in [0.15, 0.2) is 60.7 Å². The monoisotopic (exact) mass is 649 g/mol. The molecule has 0 spiro atoms. The fourth-order valence-corrected chi connectivity index (χ4v) is 6.75. The molecule has 1 aliphatic carbocycles. The number of nitrogens with zero attached hydrogens (tertiary/aromatic N) is 1. The Hall–Kier alpha value is -3.96. The summed E-state index contributed by atoms with van der Waals surface area (Å²) in [5.41, 5.74) is 6.68. The molecular formula is C36H51N5O6. The van der Waals surface area contributed by atoms with Gasteiger partial charge in [0, 0.05) is 18.6 Å². The molecule has 47 heavy (non-hydrogen) atoms. The van der Waals surface area contributed by atoms with E-state index in [-0.39, 0.29) is 25.5 Å². The number of carbonyl (C=O) groups excluding carboxylic acids is 4. The molecule has 11 nitrogen and oxygen atoms in total.